The first-order chi connectivity index (χ1) is 11.5. The van der Waals surface area contributed by atoms with Gasteiger partial charge in [-0.1, -0.05) is 48.4 Å². The highest BCUT2D eigenvalue weighted by molar-refractivity contribution is 6.32. The number of aryl methyl sites for hydroxylation is 1. The van der Waals surface area contributed by atoms with Gasteiger partial charge in [0.25, 0.3) is 0 Å². The minimum Gasteiger partial charge on any atom is -0.493 e. The van der Waals surface area contributed by atoms with Crippen LogP contribution in [-0.2, 0) is 13.2 Å². The summed E-state index contributed by atoms with van der Waals surface area (Å²) in [6, 6.07) is 12.6. The molecule has 25 heavy (non-hydrogen) atoms. The summed E-state index contributed by atoms with van der Waals surface area (Å²) in [7, 11) is 1.64. The summed E-state index contributed by atoms with van der Waals surface area (Å²) in [5.74, 6) is 1.25. The second-order valence-electron chi connectivity index (χ2n) is 6.07. The Morgan fingerprint density at radius 2 is 1.80 bits per heavy atom. The highest BCUT2D eigenvalue weighted by Crippen LogP contribution is 2.37. The van der Waals surface area contributed by atoms with Crippen LogP contribution in [0.3, 0.4) is 0 Å². The number of hydrogen-bond donors (Lipinski definition) is 1. The maximum Gasteiger partial charge on any atom is 0.180 e. The molecule has 0 saturated heterocycles. The van der Waals surface area contributed by atoms with E-state index >= 15 is 0 Å². The Bertz CT molecular complexity index is 659. The molecule has 0 bridgehead atoms. The third-order valence-corrected chi connectivity index (χ3v) is 4.34. The number of hydrogen-bond acceptors (Lipinski definition) is 3. The Labute approximate surface area is 162 Å². The number of nitrogens with one attached hydrogen (secondary N) is 1. The van der Waals surface area contributed by atoms with E-state index in [0.29, 0.717) is 29.2 Å². The minimum absolute atomic E-state index is 0. The maximum atomic E-state index is 6.42. The van der Waals surface area contributed by atoms with E-state index in [2.05, 4.69) is 50.4 Å². The molecule has 0 amide bonds. The van der Waals surface area contributed by atoms with Crippen molar-refractivity contribution in [1.82, 2.24) is 5.32 Å². The Hall–Kier alpha value is -1.42. The summed E-state index contributed by atoms with van der Waals surface area (Å²) >= 11 is 6.42. The van der Waals surface area contributed by atoms with Gasteiger partial charge in [0.05, 0.1) is 12.1 Å². The van der Waals surface area contributed by atoms with E-state index in [-0.39, 0.29) is 12.4 Å². The molecule has 0 aliphatic rings. The number of benzene rings is 2. The van der Waals surface area contributed by atoms with Crippen molar-refractivity contribution in [3.8, 4) is 11.5 Å². The molecule has 0 aromatic heterocycles. The van der Waals surface area contributed by atoms with Gasteiger partial charge in [0.2, 0.25) is 0 Å². The van der Waals surface area contributed by atoms with E-state index in [0.717, 1.165) is 24.1 Å². The van der Waals surface area contributed by atoms with Gasteiger partial charge in [-0.3, -0.25) is 0 Å². The lowest BCUT2D eigenvalue weighted by Crippen LogP contribution is -2.24. The van der Waals surface area contributed by atoms with Crippen LogP contribution in [0.1, 0.15) is 37.0 Å². The predicted octanol–water partition coefficient (Wildman–Crippen LogP) is 5.55. The molecule has 0 heterocycles. The van der Waals surface area contributed by atoms with Crippen molar-refractivity contribution < 1.29 is 9.47 Å². The van der Waals surface area contributed by atoms with E-state index in [1.165, 1.54) is 5.56 Å². The number of methoxy groups -OCH3 is 1. The van der Waals surface area contributed by atoms with Gasteiger partial charge in [-0.05, 0) is 43.5 Å². The Morgan fingerprint density at radius 3 is 2.40 bits per heavy atom. The fraction of sp³-hybridized carbons (Fsp3) is 0.400. The first kappa shape index (κ1) is 21.6. The minimum atomic E-state index is 0. The first-order valence-electron chi connectivity index (χ1n) is 8.31. The first-order valence-corrected chi connectivity index (χ1v) is 8.69. The van der Waals surface area contributed by atoms with Gasteiger partial charge in [0.15, 0.2) is 11.5 Å². The Kier molecular flexibility index (Phi) is 9.12. The van der Waals surface area contributed by atoms with Crippen LogP contribution in [0.2, 0.25) is 5.02 Å². The zero-order valence-electron chi connectivity index (χ0n) is 15.3. The molecule has 0 saturated carbocycles. The number of rotatable bonds is 8. The average Bonchev–Trinajstić information content (AvgIpc) is 2.59. The molecule has 1 atom stereocenters. The van der Waals surface area contributed by atoms with Crippen LogP contribution in [0.4, 0.5) is 0 Å². The molecule has 0 aliphatic heterocycles. The van der Waals surface area contributed by atoms with Crippen LogP contribution >= 0.6 is 24.0 Å². The Morgan fingerprint density at radius 1 is 1.12 bits per heavy atom. The molecule has 2 aromatic carbocycles. The molecule has 0 spiro atoms. The highest BCUT2D eigenvalue weighted by Gasteiger charge is 2.13. The summed E-state index contributed by atoms with van der Waals surface area (Å²) in [6.45, 7) is 7.60. The van der Waals surface area contributed by atoms with Gasteiger partial charge in [-0.25, -0.2) is 0 Å². The summed E-state index contributed by atoms with van der Waals surface area (Å²) < 4.78 is 11.4. The topological polar surface area (TPSA) is 30.5 Å². The highest BCUT2D eigenvalue weighted by atomic mass is 35.5. The summed E-state index contributed by atoms with van der Waals surface area (Å²) in [6.07, 6.45) is 1.09. The third-order valence-electron chi connectivity index (χ3n) is 4.06. The van der Waals surface area contributed by atoms with Crippen LogP contribution < -0.4 is 14.8 Å². The zero-order valence-corrected chi connectivity index (χ0v) is 16.8. The lowest BCUT2D eigenvalue weighted by atomic mass is 10.1. The fourth-order valence-electron chi connectivity index (χ4n) is 2.29. The predicted molar refractivity (Wildman–Crippen MR) is 107 cm³/mol. The van der Waals surface area contributed by atoms with E-state index in [9.17, 15) is 0 Å². The molecule has 0 aliphatic carbocycles. The second-order valence-corrected chi connectivity index (χ2v) is 6.48. The van der Waals surface area contributed by atoms with E-state index in [1.807, 2.05) is 12.1 Å². The molecule has 1 N–H and O–H groups in total. The molecule has 2 rings (SSSR count). The second kappa shape index (κ2) is 10.5. The van der Waals surface area contributed by atoms with Crippen molar-refractivity contribution >= 4 is 24.0 Å². The van der Waals surface area contributed by atoms with Crippen molar-refractivity contribution in [2.24, 2.45) is 0 Å². The molecule has 5 heteroatoms. The number of halogens is 2. The van der Waals surface area contributed by atoms with Crippen molar-refractivity contribution in [3.63, 3.8) is 0 Å². The van der Waals surface area contributed by atoms with Gasteiger partial charge in [-0.15, -0.1) is 12.4 Å². The van der Waals surface area contributed by atoms with Crippen molar-refractivity contribution in [3.05, 3.63) is 58.1 Å². The van der Waals surface area contributed by atoms with Gasteiger partial charge >= 0.3 is 0 Å². The maximum absolute atomic E-state index is 6.42. The standard InChI is InChI=1S/C20H26ClNO2.ClH/c1-5-15(3)22-12-17-10-18(21)20(19(11-17)23-4)24-13-16-8-6-14(2)7-9-16;/h6-11,15,22H,5,12-13H2,1-4H3;1H. The normalized spacial score (nSPS) is 11.6. The SMILES string of the molecule is CCC(C)NCc1cc(Cl)c(OCc2ccc(C)cc2)c(OC)c1.Cl. The summed E-state index contributed by atoms with van der Waals surface area (Å²) in [5.41, 5.74) is 3.41. The van der Waals surface area contributed by atoms with Crippen LogP contribution in [0.25, 0.3) is 0 Å². The monoisotopic (exact) mass is 383 g/mol. The van der Waals surface area contributed by atoms with Crippen molar-refractivity contribution in [1.29, 1.82) is 0 Å². The van der Waals surface area contributed by atoms with Crippen LogP contribution in [0, 0.1) is 6.92 Å². The molecule has 3 nitrogen and oxygen atoms in total. The molecule has 138 valence electrons. The van der Waals surface area contributed by atoms with Gasteiger partial charge < -0.3 is 14.8 Å². The van der Waals surface area contributed by atoms with E-state index in [4.69, 9.17) is 21.1 Å². The van der Waals surface area contributed by atoms with Gasteiger partial charge in [0.1, 0.15) is 6.61 Å². The van der Waals surface area contributed by atoms with Crippen molar-refractivity contribution in [2.45, 2.75) is 46.4 Å². The summed E-state index contributed by atoms with van der Waals surface area (Å²) in [4.78, 5) is 0. The quantitative estimate of drug-likeness (QED) is 0.648. The van der Waals surface area contributed by atoms with Crippen LogP contribution in [-0.4, -0.2) is 13.2 Å². The van der Waals surface area contributed by atoms with Gasteiger partial charge in [-0.2, -0.15) is 0 Å². The summed E-state index contributed by atoms with van der Waals surface area (Å²) in [5, 5.41) is 4.03. The van der Waals surface area contributed by atoms with E-state index < -0.39 is 0 Å². The lowest BCUT2D eigenvalue weighted by Gasteiger charge is -2.16. The molecular weight excluding hydrogens is 357 g/mol. The smallest absolute Gasteiger partial charge is 0.180 e. The molecule has 2 aromatic rings. The van der Waals surface area contributed by atoms with E-state index in [1.54, 1.807) is 7.11 Å². The fourth-order valence-corrected chi connectivity index (χ4v) is 2.58. The Balaban J connectivity index is 0.00000312. The average molecular weight is 384 g/mol. The van der Waals surface area contributed by atoms with Gasteiger partial charge in [0, 0.05) is 12.6 Å². The third kappa shape index (κ3) is 6.43. The molecule has 1 unspecified atom stereocenters. The largest absolute Gasteiger partial charge is 0.493 e. The molecule has 0 radical (unpaired) electrons. The lowest BCUT2D eigenvalue weighted by molar-refractivity contribution is 0.284. The van der Waals surface area contributed by atoms with Crippen molar-refractivity contribution in [2.75, 3.05) is 7.11 Å². The number of ether oxygens (including phenoxy) is 2. The molecule has 0 fully saturated rings. The van der Waals surface area contributed by atoms with Crippen LogP contribution in [0.15, 0.2) is 36.4 Å². The van der Waals surface area contributed by atoms with Crippen LogP contribution in [0.5, 0.6) is 11.5 Å². The zero-order chi connectivity index (χ0) is 17.5. The molecular formula is C20H27Cl2NO2.